The minimum absolute atomic E-state index is 0.0712. The number of aliphatic hydroxyl groups excluding tert-OH is 1. The molecular weight excluding hydrogens is 696 g/mol. The first kappa shape index (κ1) is 31.3. The number of benzene rings is 4. The Balaban J connectivity index is 1.51. The van der Waals surface area contributed by atoms with Gasteiger partial charge in [0.25, 0.3) is 5.91 Å². The van der Waals surface area contributed by atoms with E-state index in [1.165, 1.54) is 0 Å². The third-order valence-corrected chi connectivity index (χ3v) is 8.47. The lowest BCUT2D eigenvalue weighted by Gasteiger charge is -2.31. The summed E-state index contributed by atoms with van der Waals surface area (Å²) >= 11 is 13.2. The first-order valence-corrected chi connectivity index (χ1v) is 16.0. The summed E-state index contributed by atoms with van der Waals surface area (Å²) in [6.45, 7) is 0.908. The molecule has 2 N–H and O–H groups in total. The van der Waals surface area contributed by atoms with Crippen molar-refractivity contribution in [3.63, 3.8) is 0 Å². The van der Waals surface area contributed by atoms with E-state index in [0.717, 1.165) is 31.2 Å². The number of ether oxygens (including phenoxy) is 2. The molecule has 1 amide bonds. The standard InChI is InChI=1S/C34H31Br2ClN2O4/c35-27-11-5-24(6-12-27)22-34(33(41)38-18-17-23-3-1-4-29(37)21-23)31(25-7-13-28(36)14-8-25)43-32(39-34)26-9-15-30(16-10-26)42-20-2-19-40/h1,3-16,21,31,40H,2,17-20,22H2,(H,38,41)/t31-,34-/m1/s1. The van der Waals surface area contributed by atoms with Gasteiger partial charge in [0, 0.05) is 45.5 Å². The number of hydrogen-bond acceptors (Lipinski definition) is 5. The van der Waals surface area contributed by atoms with E-state index in [0.29, 0.717) is 49.1 Å². The van der Waals surface area contributed by atoms with Crippen LogP contribution >= 0.6 is 43.5 Å². The summed E-state index contributed by atoms with van der Waals surface area (Å²) in [5.74, 6) is 0.849. The predicted octanol–water partition coefficient (Wildman–Crippen LogP) is 7.48. The number of nitrogens with one attached hydrogen (secondary N) is 1. The maximum atomic E-state index is 14.3. The van der Waals surface area contributed by atoms with Gasteiger partial charge in [-0.05, 0) is 83.8 Å². The van der Waals surface area contributed by atoms with Crippen molar-refractivity contribution in [1.82, 2.24) is 5.32 Å². The SMILES string of the molecule is O=C(NCCc1cccc(Cl)c1)[C@]1(Cc2ccc(Br)cc2)N=C(c2ccc(OCCCO)cc2)O[C@@H]1c1ccc(Br)cc1. The predicted molar refractivity (Wildman–Crippen MR) is 177 cm³/mol. The molecule has 43 heavy (non-hydrogen) atoms. The maximum absolute atomic E-state index is 14.3. The average molecular weight is 727 g/mol. The van der Waals surface area contributed by atoms with Crippen molar-refractivity contribution >= 4 is 55.3 Å². The Hall–Kier alpha value is -3.17. The molecule has 6 nitrogen and oxygen atoms in total. The fraction of sp³-hybridized carbons (Fsp3) is 0.235. The maximum Gasteiger partial charge on any atom is 0.252 e. The topological polar surface area (TPSA) is 80.2 Å². The number of hydrogen-bond donors (Lipinski definition) is 2. The molecule has 1 aliphatic heterocycles. The smallest absolute Gasteiger partial charge is 0.252 e. The summed E-state index contributed by atoms with van der Waals surface area (Å²) in [7, 11) is 0. The zero-order chi connectivity index (χ0) is 30.2. The van der Waals surface area contributed by atoms with Gasteiger partial charge in [-0.25, -0.2) is 4.99 Å². The highest BCUT2D eigenvalue weighted by Crippen LogP contribution is 2.43. The molecule has 0 bridgehead atoms. The highest BCUT2D eigenvalue weighted by Gasteiger charge is 2.53. The molecule has 4 aromatic carbocycles. The van der Waals surface area contributed by atoms with E-state index in [2.05, 4.69) is 37.2 Å². The third kappa shape index (κ3) is 7.87. The molecular formula is C34H31Br2ClN2O4. The van der Waals surface area contributed by atoms with Gasteiger partial charge < -0.3 is 19.9 Å². The largest absolute Gasteiger partial charge is 0.494 e. The molecule has 9 heteroatoms. The van der Waals surface area contributed by atoms with Gasteiger partial charge in [-0.3, -0.25) is 4.79 Å². The van der Waals surface area contributed by atoms with Gasteiger partial charge in [0.15, 0.2) is 11.6 Å². The lowest BCUT2D eigenvalue weighted by Crippen LogP contribution is -2.50. The summed E-state index contributed by atoms with van der Waals surface area (Å²) in [5, 5.41) is 12.9. The molecule has 0 aliphatic carbocycles. The molecule has 0 spiro atoms. The fourth-order valence-electron chi connectivity index (χ4n) is 5.00. The Morgan fingerprint density at radius 3 is 2.33 bits per heavy atom. The minimum atomic E-state index is -1.28. The third-order valence-electron chi connectivity index (χ3n) is 7.18. The molecule has 1 heterocycles. The number of carbonyl (C=O) groups is 1. The van der Waals surface area contributed by atoms with Crippen molar-refractivity contribution in [3.05, 3.63) is 133 Å². The number of amides is 1. The molecule has 0 saturated heterocycles. The zero-order valence-corrected chi connectivity index (χ0v) is 27.2. The van der Waals surface area contributed by atoms with Gasteiger partial charge in [0.2, 0.25) is 5.90 Å². The molecule has 2 atom stereocenters. The Morgan fingerprint density at radius 1 is 0.953 bits per heavy atom. The second kappa shape index (κ2) is 14.5. The van der Waals surface area contributed by atoms with Crippen LogP contribution in [0.15, 0.2) is 111 Å². The number of rotatable bonds is 12. The van der Waals surface area contributed by atoms with Gasteiger partial charge in [-0.1, -0.05) is 79.9 Å². The van der Waals surface area contributed by atoms with E-state index in [1.54, 1.807) is 0 Å². The van der Waals surface area contributed by atoms with E-state index < -0.39 is 11.6 Å². The van der Waals surface area contributed by atoms with Crippen molar-refractivity contribution in [2.75, 3.05) is 19.8 Å². The number of halogens is 3. The average Bonchev–Trinajstić information content (AvgIpc) is 3.39. The van der Waals surface area contributed by atoms with Crippen LogP contribution in [-0.2, 0) is 22.4 Å². The fourth-order valence-corrected chi connectivity index (χ4v) is 5.74. The molecule has 0 saturated carbocycles. The number of aliphatic hydroxyl groups is 1. The van der Waals surface area contributed by atoms with Crippen LogP contribution in [0.2, 0.25) is 5.02 Å². The summed E-state index contributed by atoms with van der Waals surface area (Å²) < 4.78 is 14.2. The van der Waals surface area contributed by atoms with Crippen molar-refractivity contribution in [2.45, 2.75) is 30.9 Å². The normalized spacial score (nSPS) is 17.7. The van der Waals surface area contributed by atoms with Gasteiger partial charge >= 0.3 is 0 Å². The van der Waals surface area contributed by atoms with Crippen LogP contribution in [0.1, 0.15) is 34.8 Å². The lowest BCUT2D eigenvalue weighted by molar-refractivity contribution is -0.128. The first-order valence-electron chi connectivity index (χ1n) is 14.0. The van der Waals surface area contributed by atoms with Crippen molar-refractivity contribution in [1.29, 1.82) is 0 Å². The summed E-state index contributed by atoms with van der Waals surface area (Å²) in [4.78, 5) is 19.4. The van der Waals surface area contributed by atoms with Crippen LogP contribution in [0.5, 0.6) is 5.75 Å². The number of carbonyl (C=O) groups excluding carboxylic acids is 1. The summed E-state index contributed by atoms with van der Waals surface area (Å²) in [6.07, 6.45) is 0.831. The van der Waals surface area contributed by atoms with Crippen LogP contribution in [0.3, 0.4) is 0 Å². The molecule has 0 fully saturated rings. The molecule has 0 radical (unpaired) electrons. The van der Waals surface area contributed by atoms with Crippen LogP contribution in [0.4, 0.5) is 0 Å². The van der Waals surface area contributed by atoms with E-state index >= 15 is 0 Å². The van der Waals surface area contributed by atoms with Gasteiger partial charge in [0.1, 0.15) is 5.75 Å². The van der Waals surface area contributed by atoms with Gasteiger partial charge in [0.05, 0.1) is 6.61 Å². The second-order valence-corrected chi connectivity index (χ2v) is 12.5. The molecule has 1 aliphatic rings. The van der Waals surface area contributed by atoms with E-state index in [4.69, 9.17) is 31.2 Å². The van der Waals surface area contributed by atoms with Crippen LogP contribution in [0.25, 0.3) is 0 Å². The Morgan fingerprint density at radius 2 is 1.65 bits per heavy atom. The summed E-state index contributed by atoms with van der Waals surface area (Å²) in [5.41, 5.74) is 2.29. The van der Waals surface area contributed by atoms with E-state index in [-0.39, 0.29) is 12.5 Å². The van der Waals surface area contributed by atoms with Crippen molar-refractivity contribution in [3.8, 4) is 5.75 Å². The number of nitrogens with zero attached hydrogens (tertiary/aromatic N) is 1. The number of aliphatic imine (C=N–C) groups is 1. The minimum Gasteiger partial charge on any atom is -0.494 e. The molecule has 4 aromatic rings. The Labute approximate surface area is 273 Å². The lowest BCUT2D eigenvalue weighted by atomic mass is 9.82. The van der Waals surface area contributed by atoms with Gasteiger partial charge in [-0.2, -0.15) is 0 Å². The van der Waals surface area contributed by atoms with E-state index in [9.17, 15) is 4.79 Å². The first-order chi connectivity index (χ1) is 20.9. The second-order valence-electron chi connectivity index (χ2n) is 10.3. The van der Waals surface area contributed by atoms with Crippen LogP contribution in [0, 0.1) is 0 Å². The highest BCUT2D eigenvalue weighted by molar-refractivity contribution is 9.10. The van der Waals surface area contributed by atoms with Crippen molar-refractivity contribution < 1.29 is 19.4 Å². The monoisotopic (exact) mass is 724 g/mol. The molecule has 222 valence electrons. The van der Waals surface area contributed by atoms with E-state index in [1.807, 2.05) is 97.1 Å². The highest BCUT2D eigenvalue weighted by atomic mass is 79.9. The van der Waals surface area contributed by atoms with Crippen molar-refractivity contribution in [2.24, 2.45) is 4.99 Å². The zero-order valence-electron chi connectivity index (χ0n) is 23.3. The Kier molecular flexibility index (Phi) is 10.6. The van der Waals surface area contributed by atoms with Crippen LogP contribution in [-0.4, -0.2) is 42.2 Å². The van der Waals surface area contributed by atoms with Crippen LogP contribution < -0.4 is 10.1 Å². The van der Waals surface area contributed by atoms with Gasteiger partial charge in [-0.15, -0.1) is 0 Å². The molecule has 5 rings (SSSR count). The summed E-state index contributed by atoms with van der Waals surface area (Å²) in [6, 6.07) is 30.8. The Bertz CT molecular complexity index is 1560. The molecule has 0 unspecified atom stereocenters. The molecule has 0 aromatic heterocycles. The quantitative estimate of drug-likeness (QED) is 0.149.